The number of nitrogens with one attached hydrogen (secondary N) is 1. The Hall–Kier alpha value is -1.92. The SMILES string of the molecule is Cc1ccc(F)c(S(=O)(=O)NC(=O)c2ccc(Cl)cc2)c1. The first-order chi connectivity index (χ1) is 9.79. The average Bonchev–Trinajstić information content (AvgIpc) is 2.41. The molecule has 1 N–H and O–H groups in total. The van der Waals surface area contributed by atoms with E-state index in [0.29, 0.717) is 10.6 Å². The summed E-state index contributed by atoms with van der Waals surface area (Å²) in [5.74, 6) is -1.77. The van der Waals surface area contributed by atoms with Crippen molar-refractivity contribution in [2.75, 3.05) is 0 Å². The number of amides is 1. The summed E-state index contributed by atoms with van der Waals surface area (Å²) in [6.07, 6.45) is 0. The number of carbonyl (C=O) groups is 1. The number of carbonyl (C=O) groups excluding carboxylic acids is 1. The molecule has 0 aliphatic heterocycles. The van der Waals surface area contributed by atoms with E-state index in [1.165, 1.54) is 30.3 Å². The maximum atomic E-state index is 13.6. The fourth-order valence-electron chi connectivity index (χ4n) is 1.65. The van der Waals surface area contributed by atoms with E-state index in [0.717, 1.165) is 12.1 Å². The van der Waals surface area contributed by atoms with E-state index in [1.807, 2.05) is 4.72 Å². The Morgan fingerprint density at radius 3 is 2.38 bits per heavy atom. The van der Waals surface area contributed by atoms with Crippen LogP contribution in [0.4, 0.5) is 4.39 Å². The highest BCUT2D eigenvalue weighted by Crippen LogP contribution is 2.17. The molecule has 0 unspecified atom stereocenters. The molecule has 0 heterocycles. The van der Waals surface area contributed by atoms with Gasteiger partial charge in [0.15, 0.2) is 0 Å². The number of aryl methyl sites for hydroxylation is 1. The molecule has 0 saturated carbocycles. The number of hydrogen-bond acceptors (Lipinski definition) is 3. The van der Waals surface area contributed by atoms with Crippen molar-refractivity contribution in [3.05, 3.63) is 64.4 Å². The zero-order chi connectivity index (χ0) is 15.6. The van der Waals surface area contributed by atoms with E-state index >= 15 is 0 Å². The zero-order valence-electron chi connectivity index (χ0n) is 10.9. The fraction of sp³-hybridized carbons (Fsp3) is 0.0714. The Bertz CT molecular complexity index is 788. The van der Waals surface area contributed by atoms with Gasteiger partial charge in [-0.15, -0.1) is 0 Å². The first-order valence-electron chi connectivity index (χ1n) is 5.88. The molecule has 1 amide bonds. The van der Waals surface area contributed by atoms with Gasteiger partial charge < -0.3 is 0 Å². The topological polar surface area (TPSA) is 63.2 Å². The quantitative estimate of drug-likeness (QED) is 0.942. The second-order valence-corrected chi connectivity index (χ2v) is 6.46. The minimum absolute atomic E-state index is 0.107. The molecule has 0 aliphatic carbocycles. The summed E-state index contributed by atoms with van der Waals surface area (Å²) in [7, 11) is -4.28. The fourth-order valence-corrected chi connectivity index (χ4v) is 2.92. The lowest BCUT2D eigenvalue weighted by Gasteiger charge is -2.08. The monoisotopic (exact) mass is 327 g/mol. The van der Waals surface area contributed by atoms with Crippen LogP contribution in [0.1, 0.15) is 15.9 Å². The normalized spacial score (nSPS) is 11.2. The summed E-state index contributed by atoms with van der Waals surface area (Å²) in [6.45, 7) is 1.62. The van der Waals surface area contributed by atoms with E-state index in [-0.39, 0.29) is 5.56 Å². The van der Waals surface area contributed by atoms with Crippen LogP contribution in [0.15, 0.2) is 47.4 Å². The van der Waals surface area contributed by atoms with Gasteiger partial charge in [0, 0.05) is 10.6 Å². The minimum Gasteiger partial charge on any atom is -0.268 e. The molecule has 0 spiro atoms. The van der Waals surface area contributed by atoms with Gasteiger partial charge in [-0.1, -0.05) is 17.7 Å². The van der Waals surface area contributed by atoms with Crippen LogP contribution in [-0.4, -0.2) is 14.3 Å². The highest BCUT2D eigenvalue weighted by atomic mass is 35.5. The van der Waals surface area contributed by atoms with Gasteiger partial charge in [-0.3, -0.25) is 4.79 Å². The molecule has 0 atom stereocenters. The molecular weight excluding hydrogens is 317 g/mol. The smallest absolute Gasteiger partial charge is 0.267 e. The molecule has 7 heteroatoms. The molecule has 0 aromatic heterocycles. The molecule has 0 aliphatic rings. The second kappa shape index (κ2) is 5.83. The molecule has 0 fully saturated rings. The molecule has 2 rings (SSSR count). The van der Waals surface area contributed by atoms with Crippen molar-refractivity contribution in [1.29, 1.82) is 0 Å². The lowest BCUT2D eigenvalue weighted by atomic mass is 10.2. The van der Waals surface area contributed by atoms with Crippen LogP contribution in [0, 0.1) is 12.7 Å². The van der Waals surface area contributed by atoms with Crippen LogP contribution in [0.25, 0.3) is 0 Å². The number of hydrogen-bond donors (Lipinski definition) is 1. The maximum absolute atomic E-state index is 13.6. The highest BCUT2D eigenvalue weighted by molar-refractivity contribution is 7.90. The van der Waals surface area contributed by atoms with Crippen molar-refractivity contribution in [3.8, 4) is 0 Å². The summed E-state index contributed by atoms with van der Waals surface area (Å²) < 4.78 is 39.6. The molecule has 0 radical (unpaired) electrons. The van der Waals surface area contributed by atoms with Crippen LogP contribution in [0.2, 0.25) is 5.02 Å². The van der Waals surface area contributed by atoms with Crippen molar-refractivity contribution in [3.63, 3.8) is 0 Å². The maximum Gasteiger partial charge on any atom is 0.267 e. The van der Waals surface area contributed by atoms with Gasteiger partial charge in [0.2, 0.25) is 0 Å². The summed E-state index contributed by atoms with van der Waals surface area (Å²) in [6, 6.07) is 9.30. The van der Waals surface area contributed by atoms with E-state index in [4.69, 9.17) is 11.6 Å². The lowest BCUT2D eigenvalue weighted by molar-refractivity contribution is 0.0981. The van der Waals surface area contributed by atoms with Crippen LogP contribution in [0.3, 0.4) is 0 Å². The van der Waals surface area contributed by atoms with Gasteiger partial charge in [-0.25, -0.2) is 17.5 Å². The van der Waals surface area contributed by atoms with Crippen molar-refractivity contribution in [2.45, 2.75) is 11.8 Å². The molecule has 0 saturated heterocycles. The largest absolute Gasteiger partial charge is 0.268 e. The van der Waals surface area contributed by atoms with E-state index in [2.05, 4.69) is 0 Å². The van der Waals surface area contributed by atoms with Gasteiger partial charge in [0.25, 0.3) is 15.9 Å². The van der Waals surface area contributed by atoms with Gasteiger partial charge in [-0.05, 0) is 48.9 Å². The van der Waals surface area contributed by atoms with Gasteiger partial charge >= 0.3 is 0 Å². The lowest BCUT2D eigenvalue weighted by Crippen LogP contribution is -2.31. The molecular formula is C14H11ClFNO3S. The number of benzene rings is 2. The first-order valence-corrected chi connectivity index (χ1v) is 7.74. The Morgan fingerprint density at radius 2 is 1.76 bits per heavy atom. The van der Waals surface area contributed by atoms with E-state index in [9.17, 15) is 17.6 Å². The van der Waals surface area contributed by atoms with Crippen molar-refractivity contribution in [2.24, 2.45) is 0 Å². The molecule has 110 valence electrons. The summed E-state index contributed by atoms with van der Waals surface area (Å²) in [5, 5.41) is 0.416. The molecule has 21 heavy (non-hydrogen) atoms. The molecule has 2 aromatic rings. The molecule has 2 aromatic carbocycles. The Labute approximate surface area is 126 Å². The second-order valence-electron chi connectivity index (χ2n) is 4.38. The average molecular weight is 328 g/mol. The van der Waals surface area contributed by atoms with Crippen molar-refractivity contribution in [1.82, 2.24) is 4.72 Å². The summed E-state index contributed by atoms with van der Waals surface area (Å²) in [4.78, 5) is 11.3. The van der Waals surface area contributed by atoms with Crippen molar-refractivity contribution >= 4 is 27.5 Å². The third-order valence-corrected chi connectivity index (χ3v) is 4.31. The molecule has 4 nitrogen and oxygen atoms in total. The minimum atomic E-state index is -4.28. The van der Waals surface area contributed by atoms with Gasteiger partial charge in [-0.2, -0.15) is 0 Å². The van der Waals surface area contributed by atoms with E-state index < -0.39 is 26.6 Å². The predicted octanol–water partition coefficient (Wildman–Crippen LogP) is 2.91. The molecule has 0 bridgehead atoms. The Kier molecular flexibility index (Phi) is 4.29. The first kappa shape index (κ1) is 15.5. The standard InChI is InChI=1S/C14H11ClFNO3S/c1-9-2-7-12(16)13(8-9)21(19,20)17-14(18)10-3-5-11(15)6-4-10/h2-8H,1H3,(H,17,18). The van der Waals surface area contributed by atoms with Crippen LogP contribution in [0.5, 0.6) is 0 Å². The third kappa shape index (κ3) is 3.59. The predicted molar refractivity (Wildman–Crippen MR) is 77.2 cm³/mol. The van der Waals surface area contributed by atoms with Gasteiger partial charge in [0.1, 0.15) is 10.7 Å². The highest BCUT2D eigenvalue weighted by Gasteiger charge is 2.22. The Balaban J connectivity index is 2.31. The van der Waals surface area contributed by atoms with Crippen LogP contribution >= 0.6 is 11.6 Å². The number of sulfonamides is 1. The summed E-state index contributed by atoms with van der Waals surface area (Å²) >= 11 is 5.68. The van der Waals surface area contributed by atoms with E-state index in [1.54, 1.807) is 6.92 Å². The van der Waals surface area contributed by atoms with Crippen molar-refractivity contribution < 1.29 is 17.6 Å². The van der Waals surface area contributed by atoms with Crippen LogP contribution in [-0.2, 0) is 10.0 Å². The summed E-state index contributed by atoms with van der Waals surface area (Å²) in [5.41, 5.74) is 0.673. The van der Waals surface area contributed by atoms with Crippen LogP contribution < -0.4 is 4.72 Å². The Morgan fingerprint density at radius 1 is 1.14 bits per heavy atom. The number of rotatable bonds is 3. The number of halogens is 2. The van der Waals surface area contributed by atoms with Gasteiger partial charge in [0.05, 0.1) is 0 Å². The third-order valence-electron chi connectivity index (χ3n) is 2.71. The zero-order valence-corrected chi connectivity index (χ0v) is 12.5.